The molecular formula is C16H25N3O2. The normalized spacial score (nSPS) is 11.0. The van der Waals surface area contributed by atoms with Gasteiger partial charge in [0.05, 0.1) is 13.1 Å². The second-order valence-electron chi connectivity index (χ2n) is 5.90. The molecule has 1 aromatic rings. The van der Waals surface area contributed by atoms with Gasteiger partial charge in [0.1, 0.15) is 0 Å². The molecule has 0 aromatic heterocycles. The molecule has 1 aromatic carbocycles. The molecular weight excluding hydrogens is 266 g/mol. The van der Waals surface area contributed by atoms with Crippen LogP contribution in [0.3, 0.4) is 0 Å². The van der Waals surface area contributed by atoms with Crippen molar-refractivity contribution in [1.82, 2.24) is 4.90 Å². The predicted molar refractivity (Wildman–Crippen MR) is 85.0 cm³/mol. The van der Waals surface area contributed by atoms with Crippen molar-refractivity contribution in [2.45, 2.75) is 27.7 Å². The molecule has 0 saturated carbocycles. The Kier molecular flexibility index (Phi) is 6.37. The number of nitrogens with one attached hydrogen (secondary N) is 1. The second-order valence-corrected chi connectivity index (χ2v) is 5.90. The van der Waals surface area contributed by atoms with E-state index in [1.165, 1.54) is 0 Å². The molecule has 116 valence electrons. The molecule has 1 rings (SSSR count). The van der Waals surface area contributed by atoms with Crippen molar-refractivity contribution in [1.29, 1.82) is 0 Å². The molecule has 0 atom stereocenters. The van der Waals surface area contributed by atoms with Crippen molar-refractivity contribution in [2.24, 2.45) is 11.7 Å². The number of amides is 2. The molecule has 5 nitrogen and oxygen atoms in total. The van der Waals surface area contributed by atoms with Crippen LogP contribution in [-0.4, -0.2) is 36.3 Å². The highest BCUT2D eigenvalue weighted by Crippen LogP contribution is 2.16. The lowest BCUT2D eigenvalue weighted by molar-refractivity contribution is -0.121. The standard InChI is InChI=1S/C16H25N3O2/c1-11(2)8-19(9-15(17)20)10-16(21)18-14-7-12(3)5-6-13(14)4/h5-7,11H,8-10H2,1-4H3,(H2,17,20)(H,18,21). The number of nitrogens with two attached hydrogens (primary N) is 1. The highest BCUT2D eigenvalue weighted by Gasteiger charge is 2.15. The summed E-state index contributed by atoms with van der Waals surface area (Å²) in [7, 11) is 0. The number of benzene rings is 1. The number of primary amides is 1. The SMILES string of the molecule is Cc1ccc(C)c(NC(=O)CN(CC(N)=O)CC(C)C)c1. The van der Waals surface area contributed by atoms with Gasteiger partial charge in [-0.05, 0) is 37.0 Å². The maximum absolute atomic E-state index is 12.1. The minimum absolute atomic E-state index is 0.0956. The van der Waals surface area contributed by atoms with Gasteiger partial charge >= 0.3 is 0 Å². The van der Waals surface area contributed by atoms with Crippen LogP contribution in [-0.2, 0) is 9.59 Å². The first-order valence-electron chi connectivity index (χ1n) is 7.15. The number of anilines is 1. The second kappa shape index (κ2) is 7.78. The molecule has 0 bridgehead atoms. The third-order valence-electron chi connectivity index (χ3n) is 3.04. The van der Waals surface area contributed by atoms with Crippen LogP contribution < -0.4 is 11.1 Å². The number of carbonyl (C=O) groups is 2. The van der Waals surface area contributed by atoms with E-state index in [1.807, 2.05) is 45.9 Å². The third-order valence-corrected chi connectivity index (χ3v) is 3.04. The lowest BCUT2D eigenvalue weighted by Crippen LogP contribution is -2.41. The van der Waals surface area contributed by atoms with Crippen LogP contribution in [0.5, 0.6) is 0 Å². The summed E-state index contributed by atoms with van der Waals surface area (Å²) in [5.41, 5.74) is 8.14. The average Bonchev–Trinajstić information content (AvgIpc) is 2.31. The van der Waals surface area contributed by atoms with Gasteiger partial charge in [-0.25, -0.2) is 0 Å². The summed E-state index contributed by atoms with van der Waals surface area (Å²) in [6.07, 6.45) is 0. The maximum Gasteiger partial charge on any atom is 0.238 e. The molecule has 2 amide bonds. The van der Waals surface area contributed by atoms with E-state index < -0.39 is 5.91 Å². The highest BCUT2D eigenvalue weighted by atomic mass is 16.2. The Balaban J connectivity index is 2.68. The lowest BCUT2D eigenvalue weighted by Gasteiger charge is -2.22. The van der Waals surface area contributed by atoms with E-state index in [0.717, 1.165) is 16.8 Å². The molecule has 0 saturated heterocycles. The van der Waals surface area contributed by atoms with Crippen LogP contribution in [0.2, 0.25) is 0 Å². The van der Waals surface area contributed by atoms with Gasteiger partial charge in [0.25, 0.3) is 0 Å². The lowest BCUT2D eigenvalue weighted by atomic mass is 10.1. The van der Waals surface area contributed by atoms with Gasteiger partial charge < -0.3 is 11.1 Å². The topological polar surface area (TPSA) is 75.4 Å². The van der Waals surface area contributed by atoms with Crippen LogP contribution in [0.15, 0.2) is 18.2 Å². The minimum Gasteiger partial charge on any atom is -0.369 e. The molecule has 3 N–H and O–H groups in total. The fraction of sp³-hybridized carbons (Fsp3) is 0.500. The molecule has 0 radical (unpaired) electrons. The van der Waals surface area contributed by atoms with Gasteiger partial charge in [-0.15, -0.1) is 0 Å². The summed E-state index contributed by atoms with van der Waals surface area (Å²) < 4.78 is 0. The number of hydrogen-bond acceptors (Lipinski definition) is 3. The van der Waals surface area contributed by atoms with E-state index in [0.29, 0.717) is 12.5 Å². The van der Waals surface area contributed by atoms with Gasteiger partial charge in [0.2, 0.25) is 11.8 Å². The Labute approximate surface area is 126 Å². The van der Waals surface area contributed by atoms with Crippen LogP contribution in [0, 0.1) is 19.8 Å². The van der Waals surface area contributed by atoms with Crippen molar-refractivity contribution < 1.29 is 9.59 Å². The minimum atomic E-state index is -0.421. The van der Waals surface area contributed by atoms with E-state index in [1.54, 1.807) is 4.90 Å². The first kappa shape index (κ1) is 17.2. The van der Waals surface area contributed by atoms with Crippen LogP contribution >= 0.6 is 0 Å². The summed E-state index contributed by atoms with van der Waals surface area (Å²) in [4.78, 5) is 25.0. The number of hydrogen-bond donors (Lipinski definition) is 2. The summed E-state index contributed by atoms with van der Waals surface area (Å²) in [6.45, 7) is 8.92. The molecule has 0 aliphatic carbocycles. The van der Waals surface area contributed by atoms with Gasteiger partial charge in [-0.3, -0.25) is 14.5 Å². The van der Waals surface area contributed by atoms with Gasteiger partial charge in [-0.1, -0.05) is 26.0 Å². The summed E-state index contributed by atoms with van der Waals surface area (Å²) in [5.74, 6) is -0.196. The number of carbonyl (C=O) groups excluding carboxylic acids is 2. The monoisotopic (exact) mass is 291 g/mol. The molecule has 0 fully saturated rings. The fourth-order valence-corrected chi connectivity index (χ4v) is 2.19. The smallest absolute Gasteiger partial charge is 0.238 e. The van der Waals surface area contributed by atoms with Crippen molar-refractivity contribution in [3.8, 4) is 0 Å². The molecule has 21 heavy (non-hydrogen) atoms. The number of rotatable bonds is 7. The Morgan fingerprint density at radius 3 is 2.48 bits per heavy atom. The zero-order valence-electron chi connectivity index (χ0n) is 13.3. The van der Waals surface area contributed by atoms with E-state index >= 15 is 0 Å². The molecule has 0 aliphatic heterocycles. The van der Waals surface area contributed by atoms with Crippen LogP contribution in [0.4, 0.5) is 5.69 Å². The largest absolute Gasteiger partial charge is 0.369 e. The number of aryl methyl sites for hydroxylation is 2. The van der Waals surface area contributed by atoms with E-state index in [-0.39, 0.29) is 19.0 Å². The molecule has 0 unspecified atom stereocenters. The Bertz CT molecular complexity index is 512. The zero-order valence-corrected chi connectivity index (χ0v) is 13.3. The highest BCUT2D eigenvalue weighted by molar-refractivity contribution is 5.93. The van der Waals surface area contributed by atoms with Gasteiger partial charge in [0.15, 0.2) is 0 Å². The quantitative estimate of drug-likeness (QED) is 0.802. The van der Waals surface area contributed by atoms with Crippen LogP contribution in [0.25, 0.3) is 0 Å². The predicted octanol–water partition coefficient (Wildman–Crippen LogP) is 1.69. The van der Waals surface area contributed by atoms with Crippen molar-refractivity contribution in [3.63, 3.8) is 0 Å². The maximum atomic E-state index is 12.1. The summed E-state index contributed by atoms with van der Waals surface area (Å²) in [5, 5.41) is 2.90. The number of nitrogens with zero attached hydrogens (tertiary/aromatic N) is 1. The van der Waals surface area contributed by atoms with Gasteiger partial charge in [-0.2, -0.15) is 0 Å². The Hall–Kier alpha value is -1.88. The van der Waals surface area contributed by atoms with Crippen molar-refractivity contribution >= 4 is 17.5 Å². The van der Waals surface area contributed by atoms with Crippen molar-refractivity contribution in [3.05, 3.63) is 29.3 Å². The zero-order chi connectivity index (χ0) is 16.0. The van der Waals surface area contributed by atoms with Crippen molar-refractivity contribution in [2.75, 3.05) is 25.0 Å². The molecule has 0 heterocycles. The first-order valence-corrected chi connectivity index (χ1v) is 7.15. The summed E-state index contributed by atoms with van der Waals surface area (Å²) >= 11 is 0. The molecule has 0 aliphatic rings. The first-order chi connectivity index (χ1) is 9.77. The summed E-state index contributed by atoms with van der Waals surface area (Å²) in [6, 6.07) is 5.91. The molecule has 5 heteroatoms. The third kappa shape index (κ3) is 6.40. The molecule has 0 spiro atoms. The Morgan fingerprint density at radius 1 is 1.24 bits per heavy atom. The Morgan fingerprint density at radius 2 is 1.90 bits per heavy atom. The average molecular weight is 291 g/mol. The van der Waals surface area contributed by atoms with Gasteiger partial charge in [0, 0.05) is 12.2 Å². The fourth-order valence-electron chi connectivity index (χ4n) is 2.19. The van der Waals surface area contributed by atoms with E-state index in [4.69, 9.17) is 5.73 Å². The van der Waals surface area contributed by atoms with Crippen LogP contribution in [0.1, 0.15) is 25.0 Å². The van der Waals surface area contributed by atoms with E-state index in [2.05, 4.69) is 5.32 Å². The van der Waals surface area contributed by atoms with E-state index in [9.17, 15) is 9.59 Å².